The molecule has 76 valence electrons. The van der Waals surface area contributed by atoms with Gasteiger partial charge < -0.3 is 5.32 Å². The van der Waals surface area contributed by atoms with Gasteiger partial charge in [-0.2, -0.15) is 11.8 Å². The Morgan fingerprint density at radius 1 is 1.57 bits per heavy atom. The number of nitrogens with one attached hydrogen (secondary N) is 1. The minimum absolute atomic E-state index is 0.546. The van der Waals surface area contributed by atoms with Crippen molar-refractivity contribution in [3.8, 4) is 0 Å². The van der Waals surface area contributed by atoms with Crippen LogP contribution in [0.2, 0.25) is 5.15 Å². The number of rotatable bonds is 2. The summed E-state index contributed by atoms with van der Waals surface area (Å²) in [5, 5.41) is 4.77. The Morgan fingerprint density at radius 2 is 2.43 bits per heavy atom. The Kier molecular flexibility index (Phi) is 3.19. The number of pyridine rings is 1. The van der Waals surface area contributed by atoms with Crippen molar-refractivity contribution in [1.82, 2.24) is 4.98 Å². The summed E-state index contributed by atoms with van der Waals surface area (Å²) in [6.45, 7) is 2.27. The van der Waals surface area contributed by atoms with Crippen molar-refractivity contribution in [3.63, 3.8) is 0 Å². The molecule has 0 saturated carbocycles. The molecule has 2 atom stereocenters. The van der Waals surface area contributed by atoms with Gasteiger partial charge in [0.1, 0.15) is 5.15 Å². The van der Waals surface area contributed by atoms with E-state index in [0.29, 0.717) is 11.2 Å². The quantitative estimate of drug-likeness (QED) is 0.788. The van der Waals surface area contributed by atoms with E-state index in [9.17, 15) is 0 Å². The van der Waals surface area contributed by atoms with Crippen LogP contribution in [0.4, 0.5) is 5.69 Å². The van der Waals surface area contributed by atoms with E-state index >= 15 is 0 Å². The van der Waals surface area contributed by atoms with Crippen LogP contribution in [0.25, 0.3) is 0 Å². The standard InChI is InChI=1S/C10H13ClN2S/c1-7-4-9(6-14-7)13-8-2-3-10(11)12-5-8/h2-3,5,7,9,13H,4,6H2,1H3. The van der Waals surface area contributed by atoms with E-state index in [1.165, 1.54) is 12.2 Å². The second-order valence-corrected chi connectivity index (χ2v) is 5.45. The van der Waals surface area contributed by atoms with Crippen molar-refractivity contribution in [1.29, 1.82) is 0 Å². The zero-order valence-corrected chi connectivity index (χ0v) is 9.61. The molecule has 0 spiro atoms. The fraction of sp³-hybridized carbons (Fsp3) is 0.500. The number of hydrogen-bond donors (Lipinski definition) is 1. The Hall–Kier alpha value is -0.410. The van der Waals surface area contributed by atoms with Crippen LogP contribution in [0.5, 0.6) is 0 Å². The van der Waals surface area contributed by atoms with Crippen molar-refractivity contribution in [2.45, 2.75) is 24.6 Å². The van der Waals surface area contributed by atoms with Gasteiger partial charge in [-0.3, -0.25) is 0 Å². The first-order valence-electron chi connectivity index (χ1n) is 4.74. The van der Waals surface area contributed by atoms with Gasteiger partial charge in [0.25, 0.3) is 0 Å². The highest BCUT2D eigenvalue weighted by atomic mass is 35.5. The summed E-state index contributed by atoms with van der Waals surface area (Å²) in [6, 6.07) is 4.37. The SMILES string of the molecule is CC1CC(Nc2ccc(Cl)nc2)CS1. The van der Waals surface area contributed by atoms with Gasteiger partial charge in [-0.15, -0.1) is 0 Å². The van der Waals surface area contributed by atoms with Crippen molar-refractivity contribution in [2.24, 2.45) is 0 Å². The molecule has 0 radical (unpaired) electrons. The van der Waals surface area contributed by atoms with E-state index in [0.717, 1.165) is 10.9 Å². The molecule has 2 rings (SSSR count). The first-order valence-corrected chi connectivity index (χ1v) is 6.16. The largest absolute Gasteiger partial charge is 0.380 e. The average molecular weight is 229 g/mol. The van der Waals surface area contributed by atoms with E-state index in [4.69, 9.17) is 11.6 Å². The second-order valence-electron chi connectivity index (χ2n) is 3.59. The lowest BCUT2D eigenvalue weighted by molar-refractivity contribution is 0.746. The Labute approximate surface area is 93.4 Å². The lowest BCUT2D eigenvalue weighted by Gasteiger charge is -2.12. The lowest BCUT2D eigenvalue weighted by Crippen LogP contribution is -2.18. The van der Waals surface area contributed by atoms with Crippen molar-refractivity contribution in [3.05, 3.63) is 23.5 Å². The van der Waals surface area contributed by atoms with Crippen molar-refractivity contribution >= 4 is 29.1 Å². The van der Waals surface area contributed by atoms with Gasteiger partial charge in [0.15, 0.2) is 0 Å². The molecule has 1 N–H and O–H groups in total. The number of nitrogens with zero attached hydrogens (tertiary/aromatic N) is 1. The molecule has 1 aliphatic heterocycles. The molecule has 1 aromatic heterocycles. The molecule has 4 heteroatoms. The smallest absolute Gasteiger partial charge is 0.129 e. The van der Waals surface area contributed by atoms with E-state index in [1.54, 1.807) is 6.20 Å². The summed E-state index contributed by atoms with van der Waals surface area (Å²) in [5.74, 6) is 1.18. The third kappa shape index (κ3) is 2.55. The number of halogens is 1. The highest BCUT2D eigenvalue weighted by molar-refractivity contribution is 8.00. The molecule has 2 nitrogen and oxygen atoms in total. The third-order valence-corrected chi connectivity index (χ3v) is 3.88. The Balaban J connectivity index is 1.94. The fourth-order valence-electron chi connectivity index (χ4n) is 1.61. The zero-order valence-electron chi connectivity index (χ0n) is 8.03. The first kappa shape index (κ1) is 10.1. The van der Waals surface area contributed by atoms with Gasteiger partial charge in [0.05, 0.1) is 11.9 Å². The van der Waals surface area contributed by atoms with Crippen LogP contribution in [0.3, 0.4) is 0 Å². The van der Waals surface area contributed by atoms with E-state index in [2.05, 4.69) is 17.2 Å². The molecule has 0 aliphatic carbocycles. The molecule has 2 unspecified atom stereocenters. The van der Waals surface area contributed by atoms with E-state index in [1.807, 2.05) is 23.9 Å². The second kappa shape index (κ2) is 4.41. The maximum absolute atomic E-state index is 5.71. The normalized spacial score (nSPS) is 26.4. The highest BCUT2D eigenvalue weighted by Crippen LogP contribution is 2.28. The average Bonchev–Trinajstić information content (AvgIpc) is 2.56. The van der Waals surface area contributed by atoms with Crippen LogP contribution in [0, 0.1) is 0 Å². The van der Waals surface area contributed by atoms with E-state index in [-0.39, 0.29) is 0 Å². The fourth-order valence-corrected chi connectivity index (χ4v) is 2.88. The van der Waals surface area contributed by atoms with Crippen LogP contribution in [0.15, 0.2) is 18.3 Å². The predicted octanol–water partition coefficient (Wildman–Crippen LogP) is 3.04. The highest BCUT2D eigenvalue weighted by Gasteiger charge is 2.21. The molecular weight excluding hydrogens is 216 g/mol. The molecule has 1 saturated heterocycles. The monoisotopic (exact) mass is 228 g/mol. The molecule has 1 aliphatic rings. The van der Waals surface area contributed by atoms with Gasteiger partial charge in [0.2, 0.25) is 0 Å². The summed E-state index contributed by atoms with van der Waals surface area (Å²) in [6.07, 6.45) is 3.02. The molecular formula is C10H13ClN2S. The summed E-state index contributed by atoms with van der Waals surface area (Å²) < 4.78 is 0. The van der Waals surface area contributed by atoms with Crippen LogP contribution >= 0.6 is 23.4 Å². The summed E-state index contributed by atoms with van der Waals surface area (Å²) in [4.78, 5) is 4.04. The Morgan fingerprint density at radius 3 is 3.00 bits per heavy atom. The summed E-state index contributed by atoms with van der Waals surface area (Å²) in [5.41, 5.74) is 1.06. The predicted molar refractivity (Wildman–Crippen MR) is 63.2 cm³/mol. The maximum Gasteiger partial charge on any atom is 0.129 e. The molecule has 1 aromatic rings. The molecule has 0 aromatic carbocycles. The molecule has 1 fully saturated rings. The summed E-state index contributed by atoms with van der Waals surface area (Å²) in [7, 11) is 0. The zero-order chi connectivity index (χ0) is 9.97. The van der Waals surface area contributed by atoms with Crippen LogP contribution < -0.4 is 5.32 Å². The van der Waals surface area contributed by atoms with Crippen LogP contribution in [-0.4, -0.2) is 22.0 Å². The molecule has 0 bridgehead atoms. The first-order chi connectivity index (χ1) is 6.74. The third-order valence-electron chi connectivity index (χ3n) is 2.30. The molecule has 0 amide bonds. The molecule has 14 heavy (non-hydrogen) atoms. The maximum atomic E-state index is 5.71. The minimum atomic E-state index is 0.546. The van der Waals surface area contributed by atoms with Crippen molar-refractivity contribution in [2.75, 3.05) is 11.1 Å². The van der Waals surface area contributed by atoms with Crippen LogP contribution in [0.1, 0.15) is 13.3 Å². The molecule has 2 heterocycles. The number of hydrogen-bond acceptors (Lipinski definition) is 3. The lowest BCUT2D eigenvalue weighted by atomic mass is 10.2. The van der Waals surface area contributed by atoms with Gasteiger partial charge in [-0.1, -0.05) is 18.5 Å². The number of aromatic nitrogens is 1. The number of thioether (sulfide) groups is 1. The minimum Gasteiger partial charge on any atom is -0.380 e. The number of anilines is 1. The van der Waals surface area contributed by atoms with Gasteiger partial charge in [-0.25, -0.2) is 4.98 Å². The van der Waals surface area contributed by atoms with Crippen molar-refractivity contribution < 1.29 is 0 Å². The van der Waals surface area contributed by atoms with Gasteiger partial charge in [0, 0.05) is 17.0 Å². The van der Waals surface area contributed by atoms with E-state index < -0.39 is 0 Å². The summed E-state index contributed by atoms with van der Waals surface area (Å²) >= 11 is 7.73. The van der Waals surface area contributed by atoms with Crippen LogP contribution in [-0.2, 0) is 0 Å². The Bertz CT molecular complexity index is 301. The van der Waals surface area contributed by atoms with Gasteiger partial charge in [-0.05, 0) is 18.6 Å². The van der Waals surface area contributed by atoms with Gasteiger partial charge >= 0.3 is 0 Å². The topological polar surface area (TPSA) is 24.9 Å².